The third kappa shape index (κ3) is 3.02. The van der Waals surface area contributed by atoms with Crippen molar-refractivity contribution in [2.24, 2.45) is 13.0 Å². The van der Waals surface area contributed by atoms with Crippen LogP contribution in [0.1, 0.15) is 62.0 Å². The van der Waals surface area contributed by atoms with E-state index < -0.39 is 0 Å². The summed E-state index contributed by atoms with van der Waals surface area (Å²) in [5.41, 5.74) is 7.59. The molecule has 142 valence electrons. The Morgan fingerprint density at radius 2 is 1.70 bits per heavy atom. The first kappa shape index (κ1) is 19.0. The molecule has 5 rings (SSSR count). The summed E-state index contributed by atoms with van der Waals surface area (Å²) < 4.78 is 11.9. The van der Waals surface area contributed by atoms with Crippen molar-refractivity contribution in [3.8, 4) is 11.3 Å². The molecule has 1 heterocycles. The number of hydrogen-bond acceptors (Lipinski definition) is 0. The number of nitrogens with zero attached hydrogens (tertiary/aromatic N) is 1. The van der Waals surface area contributed by atoms with Gasteiger partial charge >= 0.3 is 0 Å². The summed E-state index contributed by atoms with van der Waals surface area (Å²) in [7, 11) is 2.25. The molecule has 3 heteroatoms. The molecular formula is C24H27FIN. The van der Waals surface area contributed by atoms with Gasteiger partial charge in [0, 0.05) is 23.5 Å². The molecule has 2 aromatic carbocycles. The fourth-order valence-corrected chi connectivity index (χ4v) is 5.69. The molecule has 3 unspecified atom stereocenters. The molecule has 0 saturated heterocycles. The molecule has 0 N–H and O–H groups in total. The van der Waals surface area contributed by atoms with Crippen molar-refractivity contribution in [1.82, 2.24) is 4.57 Å². The molecule has 1 saturated carbocycles. The summed E-state index contributed by atoms with van der Waals surface area (Å²) in [4.78, 5) is 0. The van der Waals surface area contributed by atoms with Gasteiger partial charge in [0.1, 0.15) is 0 Å². The van der Waals surface area contributed by atoms with E-state index in [-0.39, 0.29) is 0 Å². The third-order valence-electron chi connectivity index (χ3n) is 6.76. The Balaban J connectivity index is 0.000000872. The maximum Gasteiger partial charge on any atom is 0.171 e. The van der Waals surface area contributed by atoms with E-state index in [4.69, 9.17) is 0 Å². The lowest BCUT2D eigenvalue weighted by Gasteiger charge is -2.29. The molecule has 0 radical (unpaired) electrons. The van der Waals surface area contributed by atoms with E-state index in [9.17, 15) is 2.86 Å². The fourth-order valence-electron chi connectivity index (χ4n) is 5.69. The zero-order valence-electron chi connectivity index (χ0n) is 16.1. The Morgan fingerprint density at radius 1 is 1.00 bits per heavy atom. The second-order valence-corrected chi connectivity index (χ2v) is 8.12. The van der Waals surface area contributed by atoms with Gasteiger partial charge in [-0.3, -0.25) is 0 Å². The lowest BCUT2D eigenvalue weighted by Crippen LogP contribution is -2.13. The van der Waals surface area contributed by atoms with E-state index in [1.165, 1.54) is 54.3 Å². The Hall–Kier alpha value is -1.36. The van der Waals surface area contributed by atoms with Gasteiger partial charge in [0.15, 0.2) is 23.2 Å². The average molecular weight is 475 g/mol. The second-order valence-electron chi connectivity index (χ2n) is 8.12. The lowest BCUT2D eigenvalue weighted by atomic mass is 9.75. The first-order valence-electron chi connectivity index (χ1n) is 10.1. The van der Waals surface area contributed by atoms with Crippen LogP contribution in [-0.2, 0) is 7.05 Å². The number of halogens is 2. The van der Waals surface area contributed by atoms with Gasteiger partial charge in [-0.15, -0.1) is 0 Å². The summed E-state index contributed by atoms with van der Waals surface area (Å²) >= 11 is 0.650. The number of fused-ring (bicyclic) bond motifs is 8. The molecule has 0 amide bonds. The minimum atomic E-state index is 0.650. The van der Waals surface area contributed by atoms with Gasteiger partial charge < -0.3 is 4.57 Å². The highest BCUT2D eigenvalue weighted by molar-refractivity contribution is 14.1. The highest BCUT2D eigenvalue weighted by atomic mass is 127. The minimum absolute atomic E-state index is 0.650. The predicted octanol–water partition coefficient (Wildman–Crippen LogP) is 7.93. The van der Waals surface area contributed by atoms with Crippen LogP contribution in [0, 0.1) is 5.92 Å². The second kappa shape index (κ2) is 7.94. The summed E-state index contributed by atoms with van der Waals surface area (Å²) in [6, 6.07) is 18.2. The summed E-state index contributed by atoms with van der Waals surface area (Å²) in [5.74, 6) is 2.32. The van der Waals surface area contributed by atoms with Gasteiger partial charge in [-0.05, 0) is 47.8 Å². The number of unbranched alkanes of at least 4 members (excludes halogenated alkanes) is 1. The van der Waals surface area contributed by atoms with E-state index >= 15 is 0 Å². The van der Waals surface area contributed by atoms with Crippen molar-refractivity contribution in [1.29, 1.82) is 0 Å². The molecule has 3 atom stereocenters. The molecular weight excluding hydrogens is 448 g/mol. The lowest BCUT2D eigenvalue weighted by molar-refractivity contribution is 0.471. The maximum absolute atomic E-state index is 9.47. The van der Waals surface area contributed by atoms with Crippen LogP contribution in [0.25, 0.3) is 22.2 Å². The van der Waals surface area contributed by atoms with Crippen molar-refractivity contribution in [3.63, 3.8) is 0 Å². The smallest absolute Gasteiger partial charge is 0.171 e. The number of aryl methyl sites for hydroxylation is 1. The van der Waals surface area contributed by atoms with Crippen LogP contribution in [0.5, 0.6) is 0 Å². The normalized spacial score (nSPS) is 22.6. The van der Waals surface area contributed by atoms with Crippen LogP contribution in [-0.4, -0.2) is 4.57 Å². The van der Waals surface area contributed by atoms with Crippen molar-refractivity contribution in [3.05, 3.63) is 59.7 Å². The van der Waals surface area contributed by atoms with E-state index in [1.54, 1.807) is 11.1 Å². The van der Waals surface area contributed by atoms with E-state index in [0.29, 0.717) is 29.1 Å². The Labute approximate surface area is 175 Å². The first-order chi connectivity index (χ1) is 13.3. The van der Waals surface area contributed by atoms with Crippen LogP contribution in [0.3, 0.4) is 0 Å². The summed E-state index contributed by atoms with van der Waals surface area (Å²) in [5, 5.41) is 1.49. The van der Waals surface area contributed by atoms with Crippen LogP contribution in [0.2, 0.25) is 0 Å². The molecule has 0 bridgehead atoms. The zero-order chi connectivity index (χ0) is 19.0. The van der Waals surface area contributed by atoms with Crippen molar-refractivity contribution in [2.75, 3.05) is 0 Å². The SMILES string of the molecule is CCCCC1CC2c3ccccc3-c3c(c4ccccc4n3C)C2C1.FI. The van der Waals surface area contributed by atoms with Gasteiger partial charge in [-0.2, -0.15) is 2.86 Å². The number of benzene rings is 2. The zero-order valence-corrected chi connectivity index (χ0v) is 18.2. The number of aromatic nitrogens is 1. The minimum Gasteiger partial charge on any atom is -0.343 e. The van der Waals surface area contributed by atoms with Crippen molar-refractivity contribution in [2.45, 2.75) is 50.9 Å². The molecule has 3 aromatic rings. The topological polar surface area (TPSA) is 4.93 Å². The van der Waals surface area contributed by atoms with Gasteiger partial charge in [0.05, 0.1) is 5.69 Å². The van der Waals surface area contributed by atoms with Crippen molar-refractivity contribution >= 4 is 34.1 Å². The Bertz CT molecular complexity index is 945. The Kier molecular flexibility index (Phi) is 5.58. The fraction of sp³-hybridized carbons (Fsp3) is 0.417. The van der Waals surface area contributed by atoms with Gasteiger partial charge in [-0.25, -0.2) is 0 Å². The number of para-hydroxylation sites is 1. The number of hydrogen-bond donors (Lipinski definition) is 0. The molecule has 0 aliphatic heterocycles. The van der Waals surface area contributed by atoms with Gasteiger partial charge in [0.25, 0.3) is 0 Å². The van der Waals surface area contributed by atoms with E-state index in [1.807, 2.05) is 0 Å². The quantitative estimate of drug-likeness (QED) is 0.339. The van der Waals surface area contributed by atoms with Crippen LogP contribution in [0.15, 0.2) is 48.5 Å². The van der Waals surface area contributed by atoms with E-state index in [0.717, 1.165) is 11.8 Å². The largest absolute Gasteiger partial charge is 0.343 e. The van der Waals surface area contributed by atoms with Crippen LogP contribution in [0.4, 0.5) is 2.86 Å². The van der Waals surface area contributed by atoms with Crippen molar-refractivity contribution < 1.29 is 2.86 Å². The third-order valence-corrected chi connectivity index (χ3v) is 6.76. The van der Waals surface area contributed by atoms with Crippen LogP contribution >= 0.6 is 23.2 Å². The predicted molar refractivity (Wildman–Crippen MR) is 121 cm³/mol. The van der Waals surface area contributed by atoms with Gasteiger partial charge in [-0.1, -0.05) is 68.7 Å². The standard InChI is InChI=1S/C24H27N.FI/c1-3-4-9-16-14-20-17-10-5-6-11-18(17)24-23(21(20)15-16)19-12-7-8-13-22(19)25(24)2;1-2/h5-8,10-13,16,20-21H,3-4,9,14-15H2,1-2H3;. The molecule has 1 aromatic heterocycles. The Morgan fingerprint density at radius 3 is 2.52 bits per heavy atom. The monoisotopic (exact) mass is 475 g/mol. The first-order valence-corrected chi connectivity index (χ1v) is 10.9. The molecule has 27 heavy (non-hydrogen) atoms. The highest BCUT2D eigenvalue weighted by Gasteiger charge is 2.43. The van der Waals surface area contributed by atoms with E-state index in [2.05, 4.69) is 67.1 Å². The molecule has 2 aliphatic rings. The summed E-state index contributed by atoms with van der Waals surface area (Å²) in [6.45, 7) is 2.32. The average Bonchev–Trinajstić information content (AvgIpc) is 3.28. The molecule has 1 fully saturated rings. The van der Waals surface area contributed by atoms with Crippen LogP contribution < -0.4 is 0 Å². The molecule has 0 spiro atoms. The number of rotatable bonds is 3. The molecule has 1 nitrogen and oxygen atoms in total. The molecule has 2 aliphatic carbocycles. The highest BCUT2D eigenvalue weighted by Crippen LogP contribution is 2.59. The van der Waals surface area contributed by atoms with Gasteiger partial charge in [0.2, 0.25) is 0 Å². The maximum atomic E-state index is 9.47. The summed E-state index contributed by atoms with van der Waals surface area (Å²) in [6.07, 6.45) is 6.87.